The summed E-state index contributed by atoms with van der Waals surface area (Å²) >= 11 is 2.57. The summed E-state index contributed by atoms with van der Waals surface area (Å²) in [4.78, 5) is 5.09. The van der Waals surface area contributed by atoms with E-state index < -0.39 is 5.41 Å². The average Bonchev–Trinajstić information content (AvgIpc) is 1.55. The fourth-order valence-electron chi connectivity index (χ4n) is 13.7. The summed E-state index contributed by atoms with van der Waals surface area (Å²) in [5.41, 5.74) is 22.5. The molecule has 2 aliphatic rings. The molecule has 6 nitrogen and oxygen atoms in total. The van der Waals surface area contributed by atoms with Gasteiger partial charge in [0.2, 0.25) is 0 Å². The fourth-order valence-corrected chi connectivity index (χ4v) is 14.8. The molecule has 0 fully saturated rings. The van der Waals surface area contributed by atoms with Crippen LogP contribution in [0.15, 0.2) is 231 Å². The van der Waals surface area contributed by atoms with Crippen LogP contribution in [0.1, 0.15) is 107 Å². The molecule has 13 aromatic rings. The zero-order valence-corrected chi connectivity index (χ0v) is 53.1. The van der Waals surface area contributed by atoms with Gasteiger partial charge in [-0.3, -0.25) is 0 Å². The van der Waals surface area contributed by atoms with E-state index in [1.54, 1.807) is 0 Å². The molecule has 4 heterocycles. The first-order chi connectivity index (χ1) is 41.8. The second-order valence-electron chi connectivity index (χ2n) is 26.8. The van der Waals surface area contributed by atoms with Crippen molar-refractivity contribution in [2.75, 3.05) is 0 Å². The van der Waals surface area contributed by atoms with Crippen molar-refractivity contribution in [3.05, 3.63) is 279 Å². The van der Waals surface area contributed by atoms with Crippen LogP contribution in [0.4, 0.5) is 0 Å². The van der Waals surface area contributed by atoms with E-state index in [0.29, 0.717) is 0 Å². The summed E-state index contributed by atoms with van der Waals surface area (Å²) in [6, 6.07) is 82.2. The number of hydrogen-bond acceptors (Lipinski definition) is 3. The van der Waals surface area contributed by atoms with Gasteiger partial charge >= 0.3 is 371 Å². The van der Waals surface area contributed by atoms with Crippen LogP contribution >= 0.6 is 0 Å². The number of aryl methyl sites for hydroxylation is 1. The molecule has 10 aromatic carbocycles. The van der Waals surface area contributed by atoms with Gasteiger partial charge in [-0.05, 0) is 52.9 Å². The number of pyridine rings is 1. The van der Waals surface area contributed by atoms with E-state index in [2.05, 4.69) is 327 Å². The Labute approximate surface area is 520 Å². The van der Waals surface area contributed by atoms with Crippen molar-refractivity contribution < 1.29 is 28.8 Å². The number of rotatable bonds is 7. The molecule has 430 valence electrons. The van der Waals surface area contributed by atoms with E-state index in [9.17, 15) is 0 Å². The molecule has 1 spiro atoms. The summed E-state index contributed by atoms with van der Waals surface area (Å²) < 4.78 is 22.1. The van der Waals surface area contributed by atoms with E-state index in [1.807, 2.05) is 6.20 Å². The molecule has 0 bridgehead atoms. The van der Waals surface area contributed by atoms with Crippen molar-refractivity contribution in [1.29, 1.82) is 0 Å². The summed E-state index contributed by atoms with van der Waals surface area (Å²) in [7, 11) is 0. The Bertz CT molecular complexity index is 4960. The van der Waals surface area contributed by atoms with Gasteiger partial charge in [-0.2, -0.15) is 0 Å². The molecule has 7 heteroatoms. The summed E-state index contributed by atoms with van der Waals surface area (Å²) in [5.74, 6) is 4.04. The van der Waals surface area contributed by atoms with Crippen LogP contribution < -0.4 is 9.47 Å². The fraction of sp³-hybridized carbons (Fsp3) is 0.175. The second kappa shape index (κ2) is 20.0. The third-order valence-electron chi connectivity index (χ3n) is 18.1. The third kappa shape index (κ3) is 8.76. The van der Waals surface area contributed by atoms with Crippen molar-refractivity contribution in [2.24, 2.45) is 0 Å². The molecular weight excluding hydrogens is 1240 g/mol. The summed E-state index contributed by atoms with van der Waals surface area (Å²) in [5, 5.41) is 2.26. The standard InChI is InChI=1S/C80H68N4O2.Pt/c1-50-37-38-81-75(39-50)84-71-46-58(35-36-60(71)64-47-63-59-27-14-15-28-65(59)80(68(63)48-72(64)84)66-29-16-20-33-73(66)86-74-34-21-17-30-67(74)80)85-57-26-22-25-56(45-57)82-49-83(70-32-19-18-31-69(70)82)76-61(51-23-12-11-13-24-51)43-55(79(8,9)10)44-62(76)52-40-53(77(2,3)4)42-54(41-52)78(5,6)7;/h11-48H,1-10H3;. The van der Waals surface area contributed by atoms with Crippen LogP contribution in [0.5, 0.6) is 23.0 Å². The smallest absolute Gasteiger partial charge is 0.457 e. The molecule has 0 amide bonds. The number of para-hydroxylation sites is 4. The number of nitrogens with zero attached hydrogens (tertiary/aromatic N) is 4. The molecule has 0 N–H and O–H groups in total. The monoisotopic (exact) mass is 1310 g/mol. The van der Waals surface area contributed by atoms with Crippen LogP contribution in [-0.2, 0) is 41.0 Å². The number of fused-ring (bicyclic) bond motifs is 13. The van der Waals surface area contributed by atoms with Crippen molar-refractivity contribution in [2.45, 2.75) is 90.9 Å². The molecule has 15 rings (SSSR count). The number of imidazole rings is 1. The average molecular weight is 1310 g/mol. The quantitative estimate of drug-likeness (QED) is 0.160. The Morgan fingerprint density at radius 3 is 1.66 bits per heavy atom. The maximum absolute atomic E-state index is 7.10. The number of aromatic nitrogens is 4. The van der Waals surface area contributed by atoms with Crippen LogP contribution in [0, 0.1) is 10.7 Å². The van der Waals surface area contributed by atoms with E-state index in [0.717, 1.165) is 93.5 Å². The van der Waals surface area contributed by atoms with Crippen molar-refractivity contribution >= 4 is 32.8 Å². The maximum atomic E-state index is 7.10. The first kappa shape index (κ1) is 54.6. The number of benzene rings is 10. The Kier molecular flexibility index (Phi) is 12.5. The summed E-state index contributed by atoms with van der Waals surface area (Å²) in [6.07, 6.45) is 1.91. The van der Waals surface area contributed by atoms with Crippen molar-refractivity contribution in [3.8, 4) is 73.6 Å². The molecule has 87 heavy (non-hydrogen) atoms. The molecular formula is C80H68N4O2Pt. The first-order valence-corrected chi connectivity index (χ1v) is 31.4. The van der Waals surface area contributed by atoms with Crippen LogP contribution in [-0.4, -0.2) is 18.7 Å². The molecule has 0 saturated heterocycles. The Morgan fingerprint density at radius 2 is 0.989 bits per heavy atom. The topological polar surface area (TPSA) is 46.1 Å². The Balaban J connectivity index is 0.904. The minimum Gasteiger partial charge on any atom is -0.457 e. The van der Waals surface area contributed by atoms with Crippen molar-refractivity contribution in [1.82, 2.24) is 18.7 Å². The van der Waals surface area contributed by atoms with Gasteiger partial charge in [0.25, 0.3) is 0 Å². The predicted octanol–water partition coefficient (Wildman–Crippen LogP) is 20.8. The molecule has 0 saturated carbocycles. The van der Waals surface area contributed by atoms with Gasteiger partial charge in [-0.15, -0.1) is 0 Å². The van der Waals surface area contributed by atoms with E-state index >= 15 is 0 Å². The second-order valence-corrected chi connectivity index (χ2v) is 27.9. The van der Waals surface area contributed by atoms with Gasteiger partial charge in [-0.25, -0.2) is 0 Å². The van der Waals surface area contributed by atoms with Gasteiger partial charge in [0.1, 0.15) is 11.5 Å². The molecule has 3 aromatic heterocycles. The van der Waals surface area contributed by atoms with Gasteiger partial charge in [0.15, 0.2) is 0 Å². The Hall–Kier alpha value is -9.09. The van der Waals surface area contributed by atoms with E-state index in [-0.39, 0.29) is 16.2 Å². The minimum atomic E-state index is -0.619. The molecule has 1 aliphatic carbocycles. The summed E-state index contributed by atoms with van der Waals surface area (Å²) in [6.45, 7) is 23.1. The number of hydrogen-bond donors (Lipinski definition) is 0. The van der Waals surface area contributed by atoms with E-state index in [1.165, 1.54) is 61.2 Å². The first-order valence-electron chi connectivity index (χ1n) is 30.2. The Morgan fingerprint density at radius 1 is 0.414 bits per heavy atom. The van der Waals surface area contributed by atoms with Gasteiger partial charge < -0.3 is 4.74 Å². The van der Waals surface area contributed by atoms with Crippen molar-refractivity contribution in [3.63, 3.8) is 0 Å². The normalized spacial score (nSPS) is 13.4. The van der Waals surface area contributed by atoms with Gasteiger partial charge in [-0.1, -0.05) is 60.7 Å². The molecule has 1 aliphatic heterocycles. The number of ether oxygens (including phenoxy) is 2. The zero-order valence-electron chi connectivity index (χ0n) is 50.9. The predicted molar refractivity (Wildman–Crippen MR) is 354 cm³/mol. The van der Waals surface area contributed by atoms with Crippen LogP contribution in [0.2, 0.25) is 0 Å². The molecule has 0 radical (unpaired) electrons. The van der Waals surface area contributed by atoms with Crippen LogP contribution in [0.25, 0.3) is 83.4 Å². The zero-order chi connectivity index (χ0) is 59.9. The molecule has 0 unspecified atom stereocenters. The molecule has 0 atom stereocenters. The van der Waals surface area contributed by atoms with Gasteiger partial charge in [0.05, 0.1) is 5.41 Å². The van der Waals surface area contributed by atoms with E-state index in [4.69, 9.17) is 14.5 Å². The van der Waals surface area contributed by atoms with Crippen LogP contribution in [0.3, 0.4) is 0 Å². The minimum absolute atomic E-state index is 0.0718. The SMILES string of the molecule is Cc1ccnc(-n2c3cc(Oc4cccc(-n5[c](=[Pt])n(-c6c(-c7ccccc7)cc(C(C)(C)C)cc6-c6cc(C(C)(C)C)cc(C(C)(C)C)c6)c6ccccc65)c4)ccc3c3cc4c(cc32)C2(c3ccccc3Oc3ccccc32)c2ccccc2-4)c1. The van der Waals surface area contributed by atoms with Gasteiger partial charge in [0, 0.05) is 17.3 Å². The third-order valence-corrected chi connectivity index (χ3v) is 19.1.